The van der Waals surface area contributed by atoms with Crippen LogP contribution in [0.15, 0.2) is 28.1 Å². The van der Waals surface area contributed by atoms with Gasteiger partial charge in [-0.05, 0) is 31.2 Å². The number of hydrogen-bond donors (Lipinski definition) is 2. The van der Waals surface area contributed by atoms with Crippen LogP contribution in [0.25, 0.3) is 10.6 Å². The van der Waals surface area contributed by atoms with Gasteiger partial charge in [0.05, 0.1) is 16.3 Å². The largest absolute Gasteiger partial charge is 0.360 e. The summed E-state index contributed by atoms with van der Waals surface area (Å²) in [5.74, 6) is 1.31. The van der Waals surface area contributed by atoms with Gasteiger partial charge in [0, 0.05) is 12.0 Å². The lowest BCUT2D eigenvalue weighted by atomic mass is 10.1. The predicted molar refractivity (Wildman–Crippen MR) is 83.1 cm³/mol. The van der Waals surface area contributed by atoms with Crippen molar-refractivity contribution in [3.8, 4) is 10.6 Å². The van der Waals surface area contributed by atoms with Gasteiger partial charge in [0.25, 0.3) is 5.91 Å². The van der Waals surface area contributed by atoms with Crippen LogP contribution < -0.4 is 5.32 Å². The fourth-order valence-corrected chi connectivity index (χ4v) is 3.10. The molecular weight excluding hydrogens is 300 g/mol. The topological polar surface area (TPSA) is 83.8 Å². The maximum Gasteiger partial charge on any atom is 0.262 e. The van der Waals surface area contributed by atoms with E-state index in [1.807, 2.05) is 23.6 Å². The number of aromatic nitrogens is 3. The fourth-order valence-electron chi connectivity index (χ4n) is 2.41. The molecule has 2 N–H and O–H groups in total. The van der Waals surface area contributed by atoms with Crippen molar-refractivity contribution in [2.45, 2.75) is 25.7 Å². The SMILES string of the molecule is Cc1noc(C2CC2)c1C(=O)Nc1cc(-c2cccs2)[nH]n1. The van der Waals surface area contributed by atoms with Crippen molar-refractivity contribution in [1.82, 2.24) is 15.4 Å². The molecule has 4 rings (SSSR count). The molecule has 0 spiro atoms. The second kappa shape index (κ2) is 5.10. The highest BCUT2D eigenvalue weighted by Gasteiger charge is 2.34. The number of aromatic amines is 1. The number of carbonyl (C=O) groups is 1. The van der Waals surface area contributed by atoms with Crippen molar-refractivity contribution in [3.05, 3.63) is 40.6 Å². The van der Waals surface area contributed by atoms with Gasteiger partial charge in [-0.15, -0.1) is 11.3 Å². The summed E-state index contributed by atoms with van der Waals surface area (Å²) in [7, 11) is 0. The van der Waals surface area contributed by atoms with E-state index in [-0.39, 0.29) is 5.91 Å². The summed E-state index contributed by atoms with van der Waals surface area (Å²) in [6.45, 7) is 1.78. The predicted octanol–water partition coefficient (Wildman–Crippen LogP) is 3.56. The molecule has 1 aliphatic carbocycles. The zero-order valence-electron chi connectivity index (χ0n) is 11.9. The molecule has 3 aromatic rings. The van der Waals surface area contributed by atoms with Gasteiger partial charge < -0.3 is 9.84 Å². The second-order valence-electron chi connectivity index (χ2n) is 5.38. The first kappa shape index (κ1) is 13.3. The number of anilines is 1. The first-order valence-electron chi connectivity index (χ1n) is 7.09. The van der Waals surface area contributed by atoms with Crippen LogP contribution in [0.3, 0.4) is 0 Å². The maximum absolute atomic E-state index is 12.5. The third-order valence-corrected chi connectivity index (χ3v) is 4.57. The molecule has 0 unspecified atom stereocenters. The summed E-state index contributed by atoms with van der Waals surface area (Å²) in [4.78, 5) is 13.6. The van der Waals surface area contributed by atoms with E-state index in [4.69, 9.17) is 4.52 Å². The van der Waals surface area contributed by atoms with Gasteiger partial charge in [-0.2, -0.15) is 5.10 Å². The molecule has 1 amide bonds. The van der Waals surface area contributed by atoms with Gasteiger partial charge in [-0.3, -0.25) is 9.89 Å². The first-order valence-corrected chi connectivity index (χ1v) is 7.97. The van der Waals surface area contributed by atoms with Crippen LogP contribution >= 0.6 is 11.3 Å². The number of rotatable bonds is 4. The zero-order chi connectivity index (χ0) is 15.1. The van der Waals surface area contributed by atoms with Crippen molar-refractivity contribution >= 4 is 23.1 Å². The van der Waals surface area contributed by atoms with E-state index in [0.717, 1.165) is 23.4 Å². The highest BCUT2D eigenvalue weighted by atomic mass is 32.1. The summed E-state index contributed by atoms with van der Waals surface area (Å²) in [6, 6.07) is 5.80. The van der Waals surface area contributed by atoms with E-state index in [2.05, 4.69) is 20.7 Å². The number of H-pyrrole nitrogens is 1. The lowest BCUT2D eigenvalue weighted by Gasteiger charge is -2.01. The van der Waals surface area contributed by atoms with Gasteiger partial charge in [-0.1, -0.05) is 11.2 Å². The van der Waals surface area contributed by atoms with Crippen molar-refractivity contribution in [2.24, 2.45) is 0 Å². The molecule has 0 saturated heterocycles. The highest BCUT2D eigenvalue weighted by molar-refractivity contribution is 7.13. The summed E-state index contributed by atoms with van der Waals surface area (Å²) < 4.78 is 5.30. The number of nitrogens with one attached hydrogen (secondary N) is 2. The van der Waals surface area contributed by atoms with Crippen molar-refractivity contribution in [3.63, 3.8) is 0 Å². The third-order valence-electron chi connectivity index (χ3n) is 3.67. The molecule has 0 bridgehead atoms. The van der Waals surface area contributed by atoms with Gasteiger partial charge in [0.15, 0.2) is 11.6 Å². The quantitative estimate of drug-likeness (QED) is 0.771. The van der Waals surface area contributed by atoms with Crippen LogP contribution in [0.1, 0.15) is 40.6 Å². The number of nitrogens with zero attached hydrogens (tertiary/aromatic N) is 2. The molecule has 0 aliphatic heterocycles. The molecule has 3 aromatic heterocycles. The normalized spacial score (nSPS) is 14.2. The Hall–Kier alpha value is -2.41. The Kier molecular flexibility index (Phi) is 3.07. The molecule has 1 aliphatic rings. The Morgan fingerprint density at radius 3 is 3.09 bits per heavy atom. The summed E-state index contributed by atoms with van der Waals surface area (Å²) in [6.07, 6.45) is 2.11. The van der Waals surface area contributed by atoms with Gasteiger partial charge in [-0.25, -0.2) is 0 Å². The minimum Gasteiger partial charge on any atom is -0.360 e. The Labute approximate surface area is 130 Å². The lowest BCUT2D eigenvalue weighted by molar-refractivity contribution is 0.102. The average Bonchev–Trinajstić information content (AvgIpc) is 2.94. The molecule has 3 heterocycles. The van der Waals surface area contributed by atoms with Gasteiger partial charge in [0.2, 0.25) is 0 Å². The van der Waals surface area contributed by atoms with Crippen LogP contribution in [0.4, 0.5) is 5.82 Å². The Morgan fingerprint density at radius 1 is 1.50 bits per heavy atom. The van der Waals surface area contributed by atoms with E-state index in [1.54, 1.807) is 18.3 Å². The molecule has 22 heavy (non-hydrogen) atoms. The van der Waals surface area contributed by atoms with E-state index in [9.17, 15) is 4.79 Å². The van der Waals surface area contributed by atoms with E-state index in [1.165, 1.54) is 0 Å². The standard InChI is InChI=1S/C15H14N4O2S/c1-8-13(14(21-19-8)9-4-5-9)15(20)16-12-7-10(17-18-12)11-3-2-6-22-11/h2-3,6-7,9H,4-5H2,1H3,(H2,16,17,18,20). The summed E-state index contributed by atoms with van der Waals surface area (Å²) in [5, 5.41) is 15.8. The van der Waals surface area contributed by atoms with E-state index >= 15 is 0 Å². The van der Waals surface area contributed by atoms with Crippen LogP contribution in [0.5, 0.6) is 0 Å². The monoisotopic (exact) mass is 314 g/mol. The van der Waals surface area contributed by atoms with Crippen molar-refractivity contribution in [2.75, 3.05) is 5.32 Å². The second-order valence-corrected chi connectivity index (χ2v) is 6.33. The van der Waals surface area contributed by atoms with E-state index in [0.29, 0.717) is 28.8 Å². The molecule has 1 saturated carbocycles. The fraction of sp³-hybridized carbons (Fsp3) is 0.267. The number of carbonyl (C=O) groups excluding carboxylic acids is 1. The molecule has 6 nitrogen and oxygen atoms in total. The zero-order valence-corrected chi connectivity index (χ0v) is 12.7. The minimum absolute atomic E-state index is 0.218. The van der Waals surface area contributed by atoms with Gasteiger partial charge in [0.1, 0.15) is 5.56 Å². The van der Waals surface area contributed by atoms with Crippen LogP contribution in [0, 0.1) is 6.92 Å². The van der Waals surface area contributed by atoms with E-state index < -0.39 is 0 Å². The maximum atomic E-state index is 12.5. The molecule has 0 atom stereocenters. The number of thiophene rings is 1. The molecule has 7 heteroatoms. The molecule has 0 radical (unpaired) electrons. The highest BCUT2D eigenvalue weighted by Crippen LogP contribution is 2.42. The Balaban J connectivity index is 1.56. The van der Waals surface area contributed by atoms with Crippen molar-refractivity contribution < 1.29 is 9.32 Å². The summed E-state index contributed by atoms with van der Waals surface area (Å²) in [5.41, 5.74) is 2.05. The molecule has 0 aromatic carbocycles. The molecule has 112 valence electrons. The minimum atomic E-state index is -0.218. The summed E-state index contributed by atoms with van der Waals surface area (Å²) >= 11 is 1.61. The van der Waals surface area contributed by atoms with Gasteiger partial charge >= 0.3 is 0 Å². The van der Waals surface area contributed by atoms with Crippen molar-refractivity contribution in [1.29, 1.82) is 0 Å². The molecular formula is C15H14N4O2S. The first-order chi connectivity index (χ1) is 10.7. The Bertz CT molecular complexity index is 815. The number of aryl methyl sites for hydroxylation is 1. The van der Waals surface area contributed by atoms with Crippen LogP contribution in [-0.4, -0.2) is 21.3 Å². The lowest BCUT2D eigenvalue weighted by Crippen LogP contribution is -2.14. The van der Waals surface area contributed by atoms with Crippen LogP contribution in [-0.2, 0) is 0 Å². The molecule has 1 fully saturated rings. The average molecular weight is 314 g/mol. The number of hydrogen-bond acceptors (Lipinski definition) is 5. The Morgan fingerprint density at radius 2 is 2.36 bits per heavy atom. The smallest absolute Gasteiger partial charge is 0.262 e. The van der Waals surface area contributed by atoms with Crippen LogP contribution in [0.2, 0.25) is 0 Å². The number of amides is 1. The third kappa shape index (κ3) is 2.33.